The van der Waals surface area contributed by atoms with E-state index in [1.165, 1.54) is 19.2 Å². The molecule has 1 aliphatic heterocycles. The smallest absolute Gasteiger partial charge is 0.350 e. The zero-order valence-corrected chi connectivity index (χ0v) is 11.8. The largest absolute Gasteiger partial charge is 0.465 e. The van der Waals surface area contributed by atoms with Gasteiger partial charge in [0.2, 0.25) is 0 Å². The highest BCUT2D eigenvalue weighted by Gasteiger charge is 2.39. The molecule has 0 radical (unpaired) electrons. The number of esters is 1. The highest BCUT2D eigenvalue weighted by molar-refractivity contribution is 7.12. The number of benzene rings is 1. The van der Waals surface area contributed by atoms with Crippen molar-refractivity contribution in [3.8, 4) is 0 Å². The molecule has 2 aromatic rings. The van der Waals surface area contributed by atoms with E-state index >= 15 is 0 Å². The van der Waals surface area contributed by atoms with Gasteiger partial charge in [0, 0.05) is 5.69 Å². The second-order valence-corrected chi connectivity index (χ2v) is 5.29. The van der Waals surface area contributed by atoms with Gasteiger partial charge in [-0.3, -0.25) is 9.59 Å². The lowest BCUT2D eigenvalue weighted by Crippen LogP contribution is -2.30. The minimum atomic E-state index is -0.587. The molecule has 2 heterocycles. The third-order valence-corrected chi connectivity index (χ3v) is 4.05. The summed E-state index contributed by atoms with van der Waals surface area (Å²) in [5, 5.41) is 1.62. The van der Waals surface area contributed by atoms with Crippen molar-refractivity contribution in [1.82, 2.24) is 0 Å². The van der Waals surface area contributed by atoms with Crippen molar-refractivity contribution in [1.29, 1.82) is 0 Å². The van der Waals surface area contributed by atoms with Gasteiger partial charge in [-0.2, -0.15) is 0 Å². The number of ether oxygens (including phenoxy) is 1. The van der Waals surface area contributed by atoms with Crippen LogP contribution >= 0.6 is 11.3 Å². The van der Waals surface area contributed by atoms with E-state index in [-0.39, 0.29) is 21.7 Å². The molecule has 106 valence electrons. The molecule has 0 spiro atoms. The number of nitrogens with two attached hydrogens (primary N) is 1. The lowest BCUT2D eigenvalue weighted by atomic mass is 10.1. The molecule has 0 unspecified atom stereocenters. The monoisotopic (exact) mass is 302 g/mol. The van der Waals surface area contributed by atoms with E-state index in [1.54, 1.807) is 17.5 Å². The van der Waals surface area contributed by atoms with Gasteiger partial charge in [-0.1, -0.05) is 0 Å². The van der Waals surface area contributed by atoms with E-state index in [1.807, 2.05) is 0 Å². The molecular weight excluding hydrogens is 292 g/mol. The van der Waals surface area contributed by atoms with E-state index in [0.29, 0.717) is 5.69 Å². The summed E-state index contributed by atoms with van der Waals surface area (Å²) in [6.45, 7) is 0. The van der Waals surface area contributed by atoms with Crippen LogP contribution < -0.4 is 10.6 Å². The molecule has 2 N–H and O–H groups in total. The number of imide groups is 1. The molecule has 0 fully saturated rings. The van der Waals surface area contributed by atoms with Crippen LogP contribution in [0.25, 0.3) is 0 Å². The zero-order valence-electron chi connectivity index (χ0n) is 11.0. The van der Waals surface area contributed by atoms with Crippen LogP contribution in [0.2, 0.25) is 0 Å². The highest BCUT2D eigenvalue weighted by Crippen LogP contribution is 2.34. The second kappa shape index (κ2) is 4.71. The van der Waals surface area contributed by atoms with Crippen LogP contribution in [0.5, 0.6) is 0 Å². The minimum absolute atomic E-state index is 0.208. The summed E-state index contributed by atoms with van der Waals surface area (Å²) in [5.74, 6) is -1.56. The van der Waals surface area contributed by atoms with Crippen molar-refractivity contribution in [2.45, 2.75) is 0 Å². The number of methoxy groups -OCH3 is 1. The van der Waals surface area contributed by atoms with Crippen molar-refractivity contribution in [3.05, 3.63) is 45.6 Å². The van der Waals surface area contributed by atoms with E-state index in [9.17, 15) is 14.4 Å². The molecule has 2 amide bonds. The van der Waals surface area contributed by atoms with Gasteiger partial charge in [0.05, 0.1) is 23.9 Å². The second-order valence-electron chi connectivity index (χ2n) is 4.38. The van der Waals surface area contributed by atoms with Crippen LogP contribution in [0.3, 0.4) is 0 Å². The fraction of sp³-hybridized carbons (Fsp3) is 0.0714. The van der Waals surface area contributed by atoms with Gasteiger partial charge in [-0.25, -0.2) is 9.69 Å². The quantitative estimate of drug-likeness (QED) is 0.520. The number of anilines is 2. The molecule has 3 rings (SSSR count). The maximum atomic E-state index is 12.4. The average Bonchev–Trinajstić information content (AvgIpc) is 3.03. The zero-order chi connectivity index (χ0) is 15.1. The molecule has 1 aromatic heterocycles. The number of fused-ring (bicyclic) bond motifs is 1. The fourth-order valence-corrected chi connectivity index (χ4v) is 2.99. The summed E-state index contributed by atoms with van der Waals surface area (Å²) in [6.07, 6.45) is 0. The summed E-state index contributed by atoms with van der Waals surface area (Å²) in [6, 6.07) is 6.07. The van der Waals surface area contributed by atoms with E-state index in [4.69, 9.17) is 5.73 Å². The molecule has 0 atom stereocenters. The topological polar surface area (TPSA) is 89.7 Å². The Labute approximate surface area is 123 Å². The van der Waals surface area contributed by atoms with Crippen molar-refractivity contribution >= 4 is 40.5 Å². The van der Waals surface area contributed by atoms with E-state index in [2.05, 4.69) is 4.74 Å². The predicted molar refractivity (Wildman–Crippen MR) is 77.7 cm³/mol. The Morgan fingerprint density at radius 2 is 1.90 bits per heavy atom. The van der Waals surface area contributed by atoms with E-state index in [0.717, 1.165) is 16.2 Å². The first-order valence-corrected chi connectivity index (χ1v) is 6.86. The maximum Gasteiger partial charge on any atom is 0.350 e. The molecular formula is C14H10N2O4S. The van der Waals surface area contributed by atoms with Gasteiger partial charge < -0.3 is 10.5 Å². The molecule has 0 aliphatic carbocycles. The minimum Gasteiger partial charge on any atom is -0.465 e. The first kappa shape index (κ1) is 13.3. The molecule has 0 bridgehead atoms. The van der Waals surface area contributed by atoms with E-state index < -0.39 is 17.8 Å². The van der Waals surface area contributed by atoms with Gasteiger partial charge in [0.25, 0.3) is 11.8 Å². The summed E-state index contributed by atoms with van der Waals surface area (Å²) in [4.78, 5) is 37.7. The van der Waals surface area contributed by atoms with Gasteiger partial charge >= 0.3 is 5.97 Å². The van der Waals surface area contributed by atoms with Crippen molar-refractivity contribution in [2.75, 3.05) is 17.7 Å². The van der Waals surface area contributed by atoms with Gasteiger partial charge in [-0.15, -0.1) is 11.3 Å². The number of hydrogen-bond donors (Lipinski definition) is 1. The van der Waals surface area contributed by atoms with Crippen LogP contribution in [0.4, 0.5) is 11.4 Å². The van der Waals surface area contributed by atoms with Crippen LogP contribution in [-0.2, 0) is 4.74 Å². The molecule has 1 aromatic carbocycles. The van der Waals surface area contributed by atoms with Crippen LogP contribution in [0.15, 0.2) is 29.6 Å². The maximum absolute atomic E-state index is 12.4. The Kier molecular flexibility index (Phi) is 2.99. The van der Waals surface area contributed by atoms with Crippen LogP contribution in [0, 0.1) is 0 Å². The number of carbonyl (C=O) groups is 3. The molecule has 21 heavy (non-hydrogen) atoms. The van der Waals surface area contributed by atoms with Crippen LogP contribution in [-0.4, -0.2) is 24.9 Å². The standard InChI is InChI=1S/C14H10N2O4S/c1-20-14(19)11-10(4-5-21-11)16-12(17)8-3-2-7(15)6-9(8)13(16)18/h2-6H,15H2,1H3. The van der Waals surface area contributed by atoms with Crippen molar-refractivity contribution in [3.63, 3.8) is 0 Å². The lowest BCUT2D eigenvalue weighted by molar-refractivity contribution is 0.0607. The summed E-state index contributed by atoms with van der Waals surface area (Å²) >= 11 is 1.11. The average molecular weight is 302 g/mol. The number of nitrogen functional groups attached to an aromatic ring is 1. The number of nitrogens with zero attached hydrogens (tertiary/aromatic N) is 1. The van der Waals surface area contributed by atoms with Gasteiger partial charge in [-0.05, 0) is 29.6 Å². The first-order chi connectivity index (χ1) is 10.0. The van der Waals surface area contributed by atoms with Crippen molar-refractivity contribution in [2.24, 2.45) is 0 Å². The summed E-state index contributed by atoms with van der Waals surface area (Å²) < 4.78 is 4.66. The number of thiophene rings is 1. The molecule has 7 heteroatoms. The molecule has 0 saturated carbocycles. The summed E-state index contributed by atoms with van der Waals surface area (Å²) in [7, 11) is 1.24. The summed E-state index contributed by atoms with van der Waals surface area (Å²) in [5.41, 5.74) is 6.79. The normalized spacial score (nSPS) is 13.5. The number of hydrogen-bond acceptors (Lipinski definition) is 6. The van der Waals surface area contributed by atoms with Crippen molar-refractivity contribution < 1.29 is 19.1 Å². The third-order valence-electron chi connectivity index (χ3n) is 3.17. The van der Waals surface area contributed by atoms with Crippen LogP contribution in [0.1, 0.15) is 30.4 Å². The Balaban J connectivity index is 2.11. The van der Waals surface area contributed by atoms with Gasteiger partial charge in [0.15, 0.2) is 0 Å². The molecule has 0 saturated heterocycles. The number of amides is 2. The molecule has 6 nitrogen and oxygen atoms in total. The SMILES string of the molecule is COC(=O)c1sccc1N1C(=O)c2ccc(N)cc2C1=O. The first-order valence-electron chi connectivity index (χ1n) is 5.98. The Morgan fingerprint density at radius 1 is 1.19 bits per heavy atom. The Hall–Kier alpha value is -2.67. The highest BCUT2D eigenvalue weighted by atomic mass is 32.1. The number of carbonyl (C=O) groups excluding carboxylic acids is 3. The number of rotatable bonds is 2. The Bertz CT molecular complexity index is 781. The fourth-order valence-electron chi connectivity index (χ4n) is 2.20. The lowest BCUT2D eigenvalue weighted by Gasteiger charge is -2.13. The third kappa shape index (κ3) is 1.90. The molecule has 1 aliphatic rings. The predicted octanol–water partition coefficient (Wildman–Crippen LogP) is 1.92. The van der Waals surface area contributed by atoms with Gasteiger partial charge in [0.1, 0.15) is 4.88 Å². The Morgan fingerprint density at radius 3 is 2.62 bits per heavy atom.